The van der Waals surface area contributed by atoms with E-state index in [1.165, 1.54) is 40.2 Å². The van der Waals surface area contributed by atoms with Gasteiger partial charge >= 0.3 is 0 Å². The van der Waals surface area contributed by atoms with E-state index in [-0.39, 0.29) is 127 Å². The van der Waals surface area contributed by atoms with E-state index in [0.717, 1.165) is 130 Å². The van der Waals surface area contributed by atoms with Crippen LogP contribution in [-0.2, 0) is 61.8 Å². The number of aryl methyl sites for hydroxylation is 4. The van der Waals surface area contributed by atoms with Crippen LogP contribution in [-0.4, -0.2) is 248 Å². The predicted octanol–water partition coefficient (Wildman–Crippen LogP) is 12.4. The van der Waals surface area contributed by atoms with Crippen LogP contribution in [0.5, 0.6) is 5.75 Å². The van der Waals surface area contributed by atoms with Gasteiger partial charge in [-0.25, -0.2) is 15.0 Å². The summed E-state index contributed by atoms with van der Waals surface area (Å²) in [6.07, 6.45) is 20.1. The lowest BCUT2D eigenvalue weighted by Crippen LogP contribution is -2.33. The molecule has 748 valence electrons. The smallest absolute Gasteiger partial charge is 0.291 e. The molecule has 7 aromatic heterocycles. The monoisotopic (exact) mass is 1950 g/mol. The maximum Gasteiger partial charge on any atom is 0.291 e. The Kier molecular flexibility index (Phi) is 43.7. The highest BCUT2D eigenvalue weighted by atomic mass is 35.5. The summed E-state index contributed by atoms with van der Waals surface area (Å²) in [5.41, 5.74) is 5.59. The fraction of sp³-hybridized carbons (Fsp3) is 0.526. The molecule has 0 bridgehead atoms. The standard InChI is InChI=1S/C97H136ClN23O16S/c1-64(2)118-45-42-101-89(118)95(130)106-73-57-77(116(11)60-73)92(127)102-41-36-84(125)110-80-63-120(66(5)6)91(112-80)96(131)107-74-58-78(117(12)61-74)93(128)103-40-35-83(124)109-79-62-119(65(3)4)90(111-79)94(129)104-39-34-82(123)100-38-23-44-115(10)43-22-37-99-81(122)25-21-54-135-52-19-17-50-133-48-15-13-46-132-47-14-16-49-134-51-18-20-53-136-55-24-56-137-75-32-30-72(31-33-75)105-85(126)59-76-88-114-113-69(9)121(88)97-86(67(7)68(8)138-97)87(108-76)70-26-28-71(98)29-27-70/h26-33,42,45,57-58,60-66,76H,13-25,34-41,43-44,46-56,59H2,1-12H3,(H,99,122)(H,100,123)(H,102,127)(H,103,128)(H,104,129)(H,105,126)(H,106,130)(H,107,131)(H,109,124)(H,110,125)/t76-/m0/s1. The molecule has 1 atom stereocenters. The zero-order valence-electron chi connectivity index (χ0n) is 81.4. The predicted molar refractivity (Wildman–Crippen MR) is 529 cm³/mol. The zero-order valence-corrected chi connectivity index (χ0v) is 83.0. The molecule has 0 spiro atoms. The van der Waals surface area contributed by atoms with Gasteiger partial charge in [-0.15, -0.1) is 21.5 Å². The van der Waals surface area contributed by atoms with Gasteiger partial charge in [0.05, 0.1) is 30.1 Å². The number of amides is 10. The van der Waals surface area contributed by atoms with Gasteiger partial charge in [-0.2, -0.15) is 0 Å². The molecule has 10 amide bonds. The number of rotatable bonds is 62. The number of aromatic nitrogens is 11. The quantitative estimate of drug-likeness (QED) is 0.0158. The topological polar surface area (TPSA) is 456 Å². The number of hydrogen-bond donors (Lipinski definition) is 10. The molecule has 39 nitrogen and oxygen atoms in total. The Balaban J connectivity index is 0.461. The minimum atomic E-state index is -0.621. The summed E-state index contributed by atoms with van der Waals surface area (Å²) in [6.45, 7) is 27.0. The number of nitrogens with one attached hydrogen (secondary N) is 10. The van der Waals surface area contributed by atoms with Crippen molar-refractivity contribution < 1.29 is 76.4 Å². The molecule has 0 radical (unpaired) electrons. The van der Waals surface area contributed by atoms with Crippen LogP contribution in [0, 0.1) is 20.8 Å². The minimum absolute atomic E-state index is 0.00163. The first kappa shape index (κ1) is 108. The van der Waals surface area contributed by atoms with Crippen LogP contribution in [0.3, 0.4) is 0 Å². The van der Waals surface area contributed by atoms with E-state index >= 15 is 0 Å². The number of carbonyl (C=O) groups is 10. The van der Waals surface area contributed by atoms with Crippen molar-refractivity contribution in [1.29, 1.82) is 0 Å². The van der Waals surface area contributed by atoms with E-state index in [1.807, 2.05) is 109 Å². The lowest BCUT2D eigenvalue weighted by atomic mass is 9.99. The number of nitrogens with zero attached hydrogens (tertiary/aromatic N) is 13. The number of anilines is 5. The SMILES string of the molecule is Cc1sc2c(c1C)C(c1ccc(Cl)cc1)=N[C@@H](CC(=O)Nc1ccc(OCCCOCCCCOCCCCOCCCCOCCCCOCCCC(=O)NCCCN(C)CCCNC(=O)CCNC(=O)c3nc(NC(=O)CCNC(=O)c4cc(NC(=O)c5nc(NC(=O)CCNC(=O)c6cc(NC(=O)c7nccn7C(C)C)cn6C)cn5C(C)C)cn4C)cn3C(C)C)cc1)c1nnc(C)n1-2. The molecule has 0 saturated heterocycles. The molecule has 0 saturated carbocycles. The average Bonchev–Trinajstić information content (AvgIpc) is 1.59. The fourth-order valence-electron chi connectivity index (χ4n) is 15.0. The summed E-state index contributed by atoms with van der Waals surface area (Å²) in [5.74, 6) is -1.42. The summed E-state index contributed by atoms with van der Waals surface area (Å²) < 4.78 is 45.0. The van der Waals surface area contributed by atoms with Crippen molar-refractivity contribution in [3.8, 4) is 10.8 Å². The van der Waals surface area contributed by atoms with Crippen molar-refractivity contribution in [2.75, 3.05) is 152 Å². The Morgan fingerprint density at radius 1 is 0.457 bits per heavy atom. The first-order chi connectivity index (χ1) is 66.5. The van der Waals surface area contributed by atoms with E-state index in [4.69, 9.17) is 45.0 Å². The third-order valence-corrected chi connectivity index (χ3v) is 23.9. The van der Waals surface area contributed by atoms with Crippen LogP contribution in [0.4, 0.5) is 28.7 Å². The maximum absolute atomic E-state index is 13.7. The molecule has 1 aliphatic heterocycles. The van der Waals surface area contributed by atoms with Crippen molar-refractivity contribution in [1.82, 2.24) is 84.0 Å². The van der Waals surface area contributed by atoms with Gasteiger partial charge in [-0.1, -0.05) is 23.7 Å². The largest absolute Gasteiger partial charge is 0.494 e. The van der Waals surface area contributed by atoms with E-state index in [1.54, 1.807) is 62.3 Å². The lowest BCUT2D eigenvalue weighted by molar-refractivity contribution is -0.122. The number of aliphatic imine (C=N–C) groups is 1. The Hall–Kier alpha value is -12.3. The van der Waals surface area contributed by atoms with Gasteiger partial charge < -0.3 is 109 Å². The average molecular weight is 1950 g/mol. The molecule has 138 heavy (non-hydrogen) atoms. The number of halogens is 1. The lowest BCUT2D eigenvalue weighted by Gasteiger charge is -2.17. The van der Waals surface area contributed by atoms with Gasteiger partial charge in [-0.05, 0) is 207 Å². The van der Waals surface area contributed by atoms with Crippen molar-refractivity contribution in [3.63, 3.8) is 0 Å². The third-order valence-electron chi connectivity index (χ3n) is 22.5. The molecule has 2 aromatic carbocycles. The number of benzene rings is 2. The van der Waals surface area contributed by atoms with Crippen molar-refractivity contribution >= 4 is 116 Å². The summed E-state index contributed by atoms with van der Waals surface area (Å²) in [6, 6.07) is 16.9. The molecule has 0 unspecified atom stereocenters. The molecule has 0 fully saturated rings. The van der Waals surface area contributed by atoms with E-state index in [2.05, 4.69) is 97.1 Å². The van der Waals surface area contributed by atoms with E-state index in [0.29, 0.717) is 113 Å². The number of fused-ring (bicyclic) bond motifs is 3. The van der Waals surface area contributed by atoms with Gasteiger partial charge in [0, 0.05) is 227 Å². The number of unbranched alkanes of at least 4 members (excludes halogenated alkanes) is 4. The molecule has 10 N–H and O–H groups in total. The van der Waals surface area contributed by atoms with Crippen molar-refractivity contribution in [2.45, 2.75) is 196 Å². The molecular formula is C97H136ClN23O16S. The van der Waals surface area contributed by atoms with Crippen LogP contribution in [0.2, 0.25) is 5.02 Å². The van der Waals surface area contributed by atoms with E-state index in [9.17, 15) is 47.9 Å². The van der Waals surface area contributed by atoms with Crippen molar-refractivity contribution in [2.24, 2.45) is 19.1 Å². The first-order valence-electron chi connectivity index (χ1n) is 47.6. The molecule has 9 aromatic rings. The van der Waals surface area contributed by atoms with E-state index < -0.39 is 47.4 Å². The van der Waals surface area contributed by atoms with Crippen LogP contribution in [0.15, 0.2) is 103 Å². The number of thiophene rings is 1. The van der Waals surface area contributed by atoms with Crippen molar-refractivity contribution in [3.05, 3.63) is 165 Å². The summed E-state index contributed by atoms with van der Waals surface area (Å²) in [7, 11) is 5.26. The Morgan fingerprint density at radius 2 is 0.913 bits per heavy atom. The summed E-state index contributed by atoms with van der Waals surface area (Å²) >= 11 is 7.95. The second-order valence-corrected chi connectivity index (χ2v) is 36.4. The third kappa shape index (κ3) is 34.1. The second-order valence-electron chi connectivity index (χ2n) is 34.7. The minimum Gasteiger partial charge on any atom is -0.494 e. The van der Waals surface area contributed by atoms with Gasteiger partial charge in [0.25, 0.3) is 29.5 Å². The van der Waals surface area contributed by atoms with Crippen LogP contribution < -0.4 is 57.9 Å². The zero-order chi connectivity index (χ0) is 99.0. The van der Waals surface area contributed by atoms with Gasteiger partial charge in [-0.3, -0.25) is 57.5 Å². The summed E-state index contributed by atoms with van der Waals surface area (Å²) in [5, 5.41) is 38.6. The van der Waals surface area contributed by atoms with Crippen LogP contribution >= 0.6 is 22.9 Å². The maximum atomic E-state index is 13.7. The molecule has 10 rings (SSSR count). The Morgan fingerprint density at radius 3 is 1.41 bits per heavy atom. The first-order valence-corrected chi connectivity index (χ1v) is 48.8. The van der Waals surface area contributed by atoms with Gasteiger partial charge in [0.15, 0.2) is 23.3 Å². The van der Waals surface area contributed by atoms with Gasteiger partial charge in [0.1, 0.15) is 34.0 Å². The summed E-state index contributed by atoms with van der Waals surface area (Å²) in [4.78, 5) is 153. The molecule has 8 heterocycles. The highest BCUT2D eigenvalue weighted by Crippen LogP contribution is 2.40. The molecule has 41 heteroatoms. The second kappa shape index (κ2) is 55.9. The molecular weight excluding hydrogens is 1810 g/mol. The number of ether oxygens (including phenoxy) is 6. The number of carbonyl (C=O) groups excluding carboxylic acids is 10. The number of imidazole rings is 3. The molecule has 0 aliphatic carbocycles. The normalized spacial score (nSPS) is 12.3. The molecule has 1 aliphatic rings. The highest BCUT2D eigenvalue weighted by molar-refractivity contribution is 7.15. The Labute approximate surface area is 814 Å². The Bertz CT molecular complexity index is 5510. The van der Waals surface area contributed by atoms with Crippen LogP contribution in [0.1, 0.15) is 261 Å². The highest BCUT2D eigenvalue weighted by Gasteiger charge is 2.34. The fourth-order valence-corrected chi connectivity index (χ4v) is 16.3. The van der Waals surface area contributed by atoms with Crippen LogP contribution in [0.25, 0.3) is 5.00 Å². The number of hydrogen-bond acceptors (Lipinski definition) is 24. The van der Waals surface area contributed by atoms with Gasteiger partial charge in [0.2, 0.25) is 41.2 Å².